The van der Waals surface area contributed by atoms with Gasteiger partial charge in [-0.25, -0.2) is 0 Å². The van der Waals surface area contributed by atoms with Gasteiger partial charge in [-0.3, -0.25) is 14.4 Å². The Balaban J connectivity index is 1.41. The molecule has 0 unspecified atom stereocenters. The van der Waals surface area contributed by atoms with Crippen LogP contribution in [0.25, 0.3) is 6.08 Å². The minimum Gasteiger partial charge on any atom is -0.495 e. The highest BCUT2D eigenvalue weighted by atomic mass is 35.5. The number of rotatable bonds is 13. The van der Waals surface area contributed by atoms with Gasteiger partial charge >= 0.3 is 0 Å². The molecule has 0 radical (unpaired) electrons. The number of thioether (sulfide) groups is 1. The van der Waals surface area contributed by atoms with Crippen molar-refractivity contribution in [3.8, 4) is 17.2 Å². The molecule has 4 aromatic rings. The topological polar surface area (TPSA) is 115 Å². The summed E-state index contributed by atoms with van der Waals surface area (Å²) in [7, 11) is 2.98. The molecule has 0 bridgehead atoms. The standard InChI is InChI=1S/C34H32ClN3O6S/c1-4-44-25-14-10-22(11-15-25)18-29(38-33(40)23-8-6-5-7-9-23)34(41)36-24-12-16-26(17-13-24)45-21-32(39)37-28-19-27(35)30(42-2)20-31(28)43-3/h5-20H,4,21H2,1-3H3,(H,36,41)(H,37,39)(H,38,40)/b29-18-. The highest BCUT2D eigenvalue weighted by Gasteiger charge is 2.16. The molecule has 0 heterocycles. The maximum absolute atomic E-state index is 13.3. The molecular weight excluding hydrogens is 614 g/mol. The van der Waals surface area contributed by atoms with Crippen LogP contribution in [-0.4, -0.2) is 44.3 Å². The number of benzene rings is 4. The van der Waals surface area contributed by atoms with E-state index < -0.39 is 11.8 Å². The lowest BCUT2D eigenvalue weighted by molar-refractivity contribution is -0.114. The third-order valence-electron chi connectivity index (χ3n) is 6.26. The number of hydrogen-bond donors (Lipinski definition) is 3. The molecule has 45 heavy (non-hydrogen) atoms. The maximum Gasteiger partial charge on any atom is 0.272 e. The van der Waals surface area contributed by atoms with Gasteiger partial charge in [0.25, 0.3) is 11.8 Å². The summed E-state index contributed by atoms with van der Waals surface area (Å²) in [5.41, 5.74) is 2.13. The second-order valence-corrected chi connectivity index (χ2v) is 10.8. The van der Waals surface area contributed by atoms with Crippen LogP contribution in [-0.2, 0) is 9.59 Å². The first-order valence-electron chi connectivity index (χ1n) is 13.9. The number of ether oxygens (including phenoxy) is 3. The zero-order valence-electron chi connectivity index (χ0n) is 24.9. The Morgan fingerprint density at radius 3 is 2.18 bits per heavy atom. The van der Waals surface area contributed by atoms with E-state index in [1.54, 1.807) is 91.0 Å². The summed E-state index contributed by atoms with van der Waals surface area (Å²) in [6.45, 7) is 2.43. The Bertz CT molecular complexity index is 1660. The summed E-state index contributed by atoms with van der Waals surface area (Å²) in [4.78, 5) is 39.7. The minimum atomic E-state index is -0.500. The predicted molar refractivity (Wildman–Crippen MR) is 178 cm³/mol. The molecule has 0 fully saturated rings. The quantitative estimate of drug-likeness (QED) is 0.107. The van der Waals surface area contributed by atoms with Crippen molar-refractivity contribution in [1.29, 1.82) is 0 Å². The molecule has 4 rings (SSSR count). The third kappa shape index (κ3) is 9.53. The normalized spacial score (nSPS) is 10.9. The van der Waals surface area contributed by atoms with Gasteiger partial charge in [0.15, 0.2) is 0 Å². The van der Waals surface area contributed by atoms with Gasteiger partial charge < -0.3 is 30.2 Å². The van der Waals surface area contributed by atoms with Gasteiger partial charge in [0.05, 0.1) is 37.3 Å². The van der Waals surface area contributed by atoms with E-state index in [9.17, 15) is 14.4 Å². The van der Waals surface area contributed by atoms with Crippen molar-refractivity contribution in [3.63, 3.8) is 0 Å². The summed E-state index contributed by atoms with van der Waals surface area (Å²) in [6, 6.07) is 26.0. The van der Waals surface area contributed by atoms with Crippen LogP contribution in [0.3, 0.4) is 0 Å². The molecule has 0 aromatic heterocycles. The van der Waals surface area contributed by atoms with Crippen molar-refractivity contribution in [1.82, 2.24) is 5.32 Å². The highest BCUT2D eigenvalue weighted by molar-refractivity contribution is 8.00. The van der Waals surface area contributed by atoms with E-state index in [1.165, 1.54) is 26.0 Å². The molecule has 0 aliphatic carbocycles. The summed E-state index contributed by atoms with van der Waals surface area (Å²) < 4.78 is 16.0. The SMILES string of the molecule is CCOc1ccc(/C=C(\NC(=O)c2ccccc2)C(=O)Nc2ccc(SCC(=O)Nc3cc(Cl)c(OC)cc3OC)cc2)cc1. The Morgan fingerprint density at radius 2 is 1.53 bits per heavy atom. The van der Waals surface area contributed by atoms with Gasteiger partial charge in [-0.2, -0.15) is 0 Å². The largest absolute Gasteiger partial charge is 0.495 e. The van der Waals surface area contributed by atoms with Crippen LogP contribution >= 0.6 is 23.4 Å². The molecule has 3 N–H and O–H groups in total. The van der Waals surface area contributed by atoms with Gasteiger partial charge in [-0.1, -0.05) is 41.9 Å². The molecule has 3 amide bonds. The highest BCUT2D eigenvalue weighted by Crippen LogP contribution is 2.36. The fourth-order valence-electron chi connectivity index (χ4n) is 4.06. The molecule has 0 aliphatic heterocycles. The van der Waals surface area contributed by atoms with Crippen molar-refractivity contribution >= 4 is 58.5 Å². The van der Waals surface area contributed by atoms with Crippen LogP contribution in [0, 0.1) is 0 Å². The summed E-state index contributed by atoms with van der Waals surface area (Å²) in [5, 5.41) is 8.71. The van der Waals surface area contributed by atoms with Gasteiger partial charge in [0.2, 0.25) is 5.91 Å². The zero-order valence-corrected chi connectivity index (χ0v) is 26.5. The fraction of sp³-hybridized carbons (Fsp3) is 0.147. The van der Waals surface area contributed by atoms with Crippen molar-refractivity contribution < 1.29 is 28.6 Å². The fourth-order valence-corrected chi connectivity index (χ4v) is 5.00. The number of amides is 3. The van der Waals surface area contributed by atoms with Crippen molar-refractivity contribution in [2.24, 2.45) is 0 Å². The molecule has 11 heteroatoms. The summed E-state index contributed by atoms with van der Waals surface area (Å²) in [5.74, 6) is 0.516. The van der Waals surface area contributed by atoms with Crippen LogP contribution in [0.1, 0.15) is 22.8 Å². The number of hydrogen-bond acceptors (Lipinski definition) is 7. The smallest absolute Gasteiger partial charge is 0.272 e. The Morgan fingerprint density at radius 1 is 0.844 bits per heavy atom. The molecular formula is C34H32ClN3O6S. The Hall–Kier alpha value is -4.93. The molecule has 0 saturated heterocycles. The molecule has 0 atom stereocenters. The second-order valence-electron chi connectivity index (χ2n) is 9.38. The molecule has 9 nitrogen and oxygen atoms in total. The maximum atomic E-state index is 13.3. The van der Waals surface area contributed by atoms with E-state index in [4.69, 9.17) is 25.8 Å². The molecule has 4 aromatic carbocycles. The number of nitrogens with one attached hydrogen (secondary N) is 3. The average Bonchev–Trinajstić information content (AvgIpc) is 3.05. The Labute approximate surface area is 270 Å². The van der Waals surface area contributed by atoms with Crippen LogP contribution in [0.5, 0.6) is 17.2 Å². The lowest BCUT2D eigenvalue weighted by Crippen LogP contribution is -2.30. The minimum absolute atomic E-state index is 0.0669. The summed E-state index contributed by atoms with van der Waals surface area (Å²) >= 11 is 7.52. The van der Waals surface area contributed by atoms with Gasteiger partial charge in [0, 0.05) is 22.2 Å². The van der Waals surface area contributed by atoms with E-state index in [0.717, 1.165) is 4.90 Å². The zero-order chi connectivity index (χ0) is 32.2. The lowest BCUT2D eigenvalue weighted by atomic mass is 10.1. The van der Waals surface area contributed by atoms with E-state index in [1.807, 2.05) is 13.0 Å². The van der Waals surface area contributed by atoms with E-state index in [-0.39, 0.29) is 17.4 Å². The average molecular weight is 646 g/mol. The predicted octanol–water partition coefficient (Wildman–Crippen LogP) is 6.90. The van der Waals surface area contributed by atoms with Crippen LogP contribution in [0.4, 0.5) is 11.4 Å². The van der Waals surface area contributed by atoms with Crippen LogP contribution < -0.4 is 30.2 Å². The molecule has 232 valence electrons. The van der Waals surface area contributed by atoms with Crippen LogP contribution in [0.15, 0.2) is 102 Å². The number of carbonyl (C=O) groups is 3. The van der Waals surface area contributed by atoms with Crippen molar-refractivity contribution in [2.45, 2.75) is 11.8 Å². The van der Waals surface area contributed by atoms with Gasteiger partial charge in [0.1, 0.15) is 22.9 Å². The first kappa shape index (κ1) is 33.0. The number of halogens is 1. The third-order valence-corrected chi connectivity index (χ3v) is 7.57. The van der Waals surface area contributed by atoms with Gasteiger partial charge in [-0.05, 0) is 73.2 Å². The first-order chi connectivity index (χ1) is 21.8. The van der Waals surface area contributed by atoms with E-state index >= 15 is 0 Å². The number of anilines is 2. The van der Waals surface area contributed by atoms with Crippen molar-refractivity contribution in [2.75, 3.05) is 37.2 Å². The Kier molecular flexibility index (Phi) is 11.9. The second kappa shape index (κ2) is 16.2. The van der Waals surface area contributed by atoms with Crippen molar-refractivity contribution in [3.05, 3.63) is 113 Å². The van der Waals surface area contributed by atoms with Crippen LogP contribution in [0.2, 0.25) is 5.02 Å². The lowest BCUT2D eigenvalue weighted by Gasteiger charge is -2.13. The molecule has 0 aliphatic rings. The molecule has 0 saturated carbocycles. The number of methoxy groups -OCH3 is 2. The molecule has 0 spiro atoms. The van der Waals surface area contributed by atoms with E-state index in [2.05, 4.69) is 16.0 Å². The van der Waals surface area contributed by atoms with E-state index in [0.29, 0.717) is 51.4 Å². The first-order valence-corrected chi connectivity index (χ1v) is 15.2. The monoisotopic (exact) mass is 645 g/mol. The van der Waals surface area contributed by atoms with Gasteiger partial charge in [-0.15, -0.1) is 11.8 Å². The summed E-state index contributed by atoms with van der Waals surface area (Å²) in [6.07, 6.45) is 1.60. The number of carbonyl (C=O) groups excluding carboxylic acids is 3.